The SMILES string of the molecule is Cc1cc(C)n2nc(CC(=O)NC3CCCC(C(=O)O)C3)nc2n1. The van der Waals surface area contributed by atoms with Gasteiger partial charge in [0, 0.05) is 17.4 Å². The van der Waals surface area contributed by atoms with Gasteiger partial charge >= 0.3 is 5.97 Å². The molecule has 0 saturated heterocycles. The average molecular weight is 331 g/mol. The van der Waals surface area contributed by atoms with Crippen molar-refractivity contribution in [1.29, 1.82) is 0 Å². The largest absolute Gasteiger partial charge is 0.481 e. The van der Waals surface area contributed by atoms with Crippen LogP contribution >= 0.6 is 0 Å². The second-order valence-electron chi connectivity index (χ2n) is 6.42. The fourth-order valence-electron chi connectivity index (χ4n) is 3.25. The lowest BCUT2D eigenvalue weighted by molar-refractivity contribution is -0.143. The van der Waals surface area contributed by atoms with Gasteiger partial charge in [-0.3, -0.25) is 9.59 Å². The van der Waals surface area contributed by atoms with E-state index in [1.807, 2.05) is 19.9 Å². The fourth-order valence-corrected chi connectivity index (χ4v) is 3.25. The summed E-state index contributed by atoms with van der Waals surface area (Å²) in [6, 6.07) is 1.81. The van der Waals surface area contributed by atoms with Gasteiger partial charge in [0.15, 0.2) is 5.82 Å². The van der Waals surface area contributed by atoms with E-state index in [0.717, 1.165) is 24.2 Å². The van der Waals surface area contributed by atoms with E-state index in [1.165, 1.54) is 0 Å². The Morgan fingerprint density at radius 1 is 1.33 bits per heavy atom. The van der Waals surface area contributed by atoms with Crippen molar-refractivity contribution in [3.8, 4) is 0 Å². The highest BCUT2D eigenvalue weighted by molar-refractivity contribution is 5.78. The van der Waals surface area contributed by atoms with Gasteiger partial charge in [-0.1, -0.05) is 6.42 Å². The van der Waals surface area contributed by atoms with Crippen LogP contribution in [0.25, 0.3) is 5.78 Å². The third-order valence-corrected chi connectivity index (χ3v) is 4.37. The van der Waals surface area contributed by atoms with Crippen LogP contribution in [-0.4, -0.2) is 42.6 Å². The van der Waals surface area contributed by atoms with Crippen molar-refractivity contribution < 1.29 is 14.7 Å². The Morgan fingerprint density at radius 2 is 2.12 bits per heavy atom. The highest BCUT2D eigenvalue weighted by Crippen LogP contribution is 2.24. The van der Waals surface area contributed by atoms with Gasteiger partial charge in [-0.05, 0) is 39.2 Å². The molecule has 1 aliphatic rings. The summed E-state index contributed by atoms with van der Waals surface area (Å²) < 4.78 is 1.62. The van der Waals surface area contributed by atoms with Gasteiger partial charge in [0.05, 0.1) is 12.3 Å². The number of carbonyl (C=O) groups is 2. The number of fused-ring (bicyclic) bond motifs is 1. The van der Waals surface area contributed by atoms with Crippen LogP contribution in [0.1, 0.15) is 42.9 Å². The van der Waals surface area contributed by atoms with Crippen molar-refractivity contribution >= 4 is 17.7 Å². The maximum absolute atomic E-state index is 12.2. The standard InChI is InChI=1S/C16H21N5O3/c1-9-6-10(2)21-16(17-9)19-13(20-21)8-14(22)18-12-5-3-4-11(7-12)15(23)24/h6,11-12H,3-5,7-8H2,1-2H3,(H,18,22)(H,23,24). The molecule has 2 unspecified atom stereocenters. The predicted octanol–water partition coefficient (Wildman–Crippen LogP) is 1.04. The molecule has 1 saturated carbocycles. The molecule has 1 amide bonds. The van der Waals surface area contributed by atoms with Crippen molar-refractivity contribution in [1.82, 2.24) is 24.9 Å². The smallest absolute Gasteiger partial charge is 0.306 e. The van der Waals surface area contributed by atoms with E-state index in [0.29, 0.717) is 24.4 Å². The fraction of sp³-hybridized carbons (Fsp3) is 0.562. The molecule has 0 bridgehead atoms. The van der Waals surface area contributed by atoms with Gasteiger partial charge in [-0.2, -0.15) is 4.98 Å². The minimum absolute atomic E-state index is 0.0656. The predicted molar refractivity (Wildman–Crippen MR) is 85.5 cm³/mol. The number of carboxylic acid groups (broad SMARTS) is 1. The molecule has 0 aromatic carbocycles. The summed E-state index contributed by atoms with van der Waals surface area (Å²) in [5, 5.41) is 16.3. The van der Waals surface area contributed by atoms with Gasteiger partial charge in [-0.25, -0.2) is 9.50 Å². The molecule has 2 aromatic rings. The summed E-state index contributed by atoms with van der Waals surface area (Å²) in [5.41, 5.74) is 1.76. The lowest BCUT2D eigenvalue weighted by Crippen LogP contribution is -2.40. The van der Waals surface area contributed by atoms with Crippen LogP contribution in [0.5, 0.6) is 0 Å². The lowest BCUT2D eigenvalue weighted by atomic mass is 9.86. The number of hydrogen-bond donors (Lipinski definition) is 2. The molecule has 3 rings (SSSR count). The van der Waals surface area contributed by atoms with Gasteiger partial charge in [-0.15, -0.1) is 5.10 Å². The molecule has 0 spiro atoms. The first-order valence-electron chi connectivity index (χ1n) is 8.14. The van der Waals surface area contributed by atoms with E-state index in [1.54, 1.807) is 4.52 Å². The Labute approximate surface area is 139 Å². The minimum atomic E-state index is -0.784. The first kappa shape index (κ1) is 16.4. The molecule has 2 heterocycles. The van der Waals surface area contributed by atoms with Crippen LogP contribution in [0.4, 0.5) is 0 Å². The van der Waals surface area contributed by atoms with Gasteiger partial charge in [0.2, 0.25) is 5.91 Å². The van der Waals surface area contributed by atoms with Crippen molar-refractivity contribution in [3.63, 3.8) is 0 Å². The first-order chi connectivity index (χ1) is 11.4. The van der Waals surface area contributed by atoms with E-state index >= 15 is 0 Å². The third kappa shape index (κ3) is 3.52. The van der Waals surface area contributed by atoms with E-state index < -0.39 is 5.97 Å². The number of carboxylic acids is 1. The maximum atomic E-state index is 12.2. The van der Waals surface area contributed by atoms with Crippen LogP contribution in [0.2, 0.25) is 0 Å². The van der Waals surface area contributed by atoms with Crippen molar-refractivity contribution in [3.05, 3.63) is 23.3 Å². The van der Waals surface area contributed by atoms with Gasteiger partial charge < -0.3 is 10.4 Å². The number of carbonyl (C=O) groups excluding carboxylic acids is 1. The molecule has 0 radical (unpaired) electrons. The number of hydrogen-bond acceptors (Lipinski definition) is 5. The quantitative estimate of drug-likeness (QED) is 0.866. The zero-order valence-corrected chi connectivity index (χ0v) is 13.8. The molecular weight excluding hydrogens is 310 g/mol. The Balaban J connectivity index is 1.64. The van der Waals surface area contributed by atoms with Gasteiger partial charge in [0.1, 0.15) is 0 Å². The number of nitrogens with one attached hydrogen (secondary N) is 1. The summed E-state index contributed by atoms with van der Waals surface area (Å²) in [5.74, 6) is -0.436. The van der Waals surface area contributed by atoms with Crippen LogP contribution < -0.4 is 5.32 Å². The highest BCUT2D eigenvalue weighted by Gasteiger charge is 2.28. The number of aryl methyl sites for hydroxylation is 2. The molecule has 1 fully saturated rings. The minimum Gasteiger partial charge on any atom is -0.481 e. The topological polar surface area (TPSA) is 109 Å². The number of amides is 1. The third-order valence-electron chi connectivity index (χ3n) is 4.37. The van der Waals surface area contributed by atoms with Crippen molar-refractivity contribution in [2.45, 2.75) is 52.0 Å². The highest BCUT2D eigenvalue weighted by atomic mass is 16.4. The lowest BCUT2D eigenvalue weighted by Gasteiger charge is -2.27. The second-order valence-corrected chi connectivity index (χ2v) is 6.42. The zero-order chi connectivity index (χ0) is 17.3. The summed E-state index contributed by atoms with van der Waals surface area (Å²) in [6.07, 6.45) is 2.86. The number of rotatable bonds is 4. The number of aromatic nitrogens is 4. The second kappa shape index (κ2) is 6.54. The molecule has 1 aliphatic carbocycles. The number of aliphatic carboxylic acids is 1. The summed E-state index contributed by atoms with van der Waals surface area (Å²) in [7, 11) is 0. The number of nitrogens with zero attached hydrogens (tertiary/aromatic N) is 4. The van der Waals surface area contributed by atoms with Crippen molar-refractivity contribution in [2.24, 2.45) is 5.92 Å². The molecule has 0 aliphatic heterocycles. The molecule has 2 aromatic heterocycles. The Hall–Kier alpha value is -2.51. The molecule has 8 heteroatoms. The summed E-state index contributed by atoms with van der Waals surface area (Å²) in [4.78, 5) is 31.9. The molecule has 2 atom stereocenters. The van der Waals surface area contributed by atoms with Crippen LogP contribution in [0.3, 0.4) is 0 Å². The van der Waals surface area contributed by atoms with Crippen LogP contribution in [0.15, 0.2) is 6.07 Å². The van der Waals surface area contributed by atoms with Gasteiger partial charge in [0.25, 0.3) is 5.78 Å². The summed E-state index contributed by atoms with van der Waals surface area (Å²) >= 11 is 0. The van der Waals surface area contributed by atoms with E-state index in [9.17, 15) is 9.59 Å². The Kier molecular flexibility index (Phi) is 4.46. The summed E-state index contributed by atoms with van der Waals surface area (Å²) in [6.45, 7) is 3.80. The normalized spacial score (nSPS) is 20.9. The van der Waals surface area contributed by atoms with E-state index in [-0.39, 0.29) is 24.3 Å². The maximum Gasteiger partial charge on any atom is 0.306 e. The molecule has 2 N–H and O–H groups in total. The molecule has 128 valence electrons. The zero-order valence-electron chi connectivity index (χ0n) is 13.8. The Morgan fingerprint density at radius 3 is 2.88 bits per heavy atom. The molecular formula is C16H21N5O3. The average Bonchev–Trinajstić information content (AvgIpc) is 2.89. The molecule has 24 heavy (non-hydrogen) atoms. The molecule has 8 nitrogen and oxygen atoms in total. The Bertz CT molecular complexity index is 785. The first-order valence-corrected chi connectivity index (χ1v) is 8.14. The van der Waals surface area contributed by atoms with Crippen molar-refractivity contribution in [2.75, 3.05) is 0 Å². The van der Waals surface area contributed by atoms with E-state index in [2.05, 4.69) is 20.4 Å². The van der Waals surface area contributed by atoms with Crippen LogP contribution in [0, 0.1) is 19.8 Å². The monoisotopic (exact) mass is 331 g/mol. The van der Waals surface area contributed by atoms with E-state index in [4.69, 9.17) is 5.11 Å². The van der Waals surface area contributed by atoms with Crippen LogP contribution in [-0.2, 0) is 16.0 Å².